The van der Waals surface area contributed by atoms with Crippen LogP contribution in [-0.4, -0.2) is 43.3 Å². The molecule has 8 nitrogen and oxygen atoms in total. The predicted octanol–water partition coefficient (Wildman–Crippen LogP) is 5.10. The number of rotatable bonds is 9. The van der Waals surface area contributed by atoms with Gasteiger partial charge in [0.1, 0.15) is 5.60 Å². The lowest BCUT2D eigenvalue weighted by Crippen LogP contribution is -2.61. The number of hydrogen-bond donors (Lipinski definition) is 1. The smallest absolute Gasteiger partial charge is 0.337 e. The van der Waals surface area contributed by atoms with E-state index in [1.54, 1.807) is 41.3 Å². The molecule has 204 valence electrons. The summed E-state index contributed by atoms with van der Waals surface area (Å²) in [4.78, 5) is 33.3. The maximum atomic E-state index is 13.9. The Labute approximate surface area is 225 Å². The number of Topliss-reactive ketones (excluding diaryl/α,β-unsaturated/α-hetero) is 1. The summed E-state index contributed by atoms with van der Waals surface area (Å²) in [6.07, 6.45) is 10.9. The second kappa shape index (κ2) is 11.0. The zero-order valence-corrected chi connectivity index (χ0v) is 22.8. The number of hydrogen-bond acceptors (Lipinski definition) is 7. The number of cyclic esters (lactones) is 1. The average Bonchev–Trinajstić information content (AvgIpc) is 3.64. The molecular weight excluding hydrogens is 502 g/mol. The van der Waals surface area contributed by atoms with Crippen LogP contribution in [-0.2, 0) is 24.3 Å². The Balaban J connectivity index is 1.41. The van der Waals surface area contributed by atoms with Gasteiger partial charge in [-0.1, -0.05) is 44.7 Å². The van der Waals surface area contributed by atoms with E-state index in [2.05, 4.69) is 9.71 Å². The molecule has 1 aromatic heterocycles. The minimum absolute atomic E-state index is 0.0861. The van der Waals surface area contributed by atoms with E-state index >= 15 is 0 Å². The fourth-order valence-electron chi connectivity index (χ4n) is 6.81. The number of nitrogens with one attached hydrogen (secondary N) is 1. The molecule has 3 fully saturated rings. The average molecular weight is 540 g/mol. The SMILES string of the molecule is CCCN(c1cccc(NS(=O)(=O)c2ccccn2)c1)C1C(=O)CC(C2CCCC2)(C2CCCC2)OC1=O. The molecule has 0 radical (unpaired) electrons. The lowest BCUT2D eigenvalue weighted by Gasteiger charge is -2.48. The van der Waals surface area contributed by atoms with Gasteiger partial charge in [-0.15, -0.1) is 0 Å². The van der Waals surface area contributed by atoms with Crippen LogP contribution >= 0.6 is 0 Å². The fraction of sp³-hybridized carbons (Fsp3) is 0.552. The molecular formula is C29H37N3O5S. The van der Waals surface area contributed by atoms with Gasteiger partial charge in [-0.2, -0.15) is 8.42 Å². The Morgan fingerprint density at radius 1 is 1.00 bits per heavy atom. The minimum atomic E-state index is -3.89. The van der Waals surface area contributed by atoms with Crippen LogP contribution in [0.25, 0.3) is 0 Å². The standard InChI is InChI=1S/C29H37N3O5S/c1-2-18-32(24-15-9-14-23(19-24)31-38(35,36)26-16-7-8-17-30-26)27-25(33)20-29(37-28(27)34,21-10-3-4-11-21)22-12-5-6-13-22/h7-9,14-17,19,21-22,27,31H,2-6,10-13,18,20H2,1H3. The van der Waals surface area contributed by atoms with Gasteiger partial charge in [-0.25, -0.2) is 9.78 Å². The summed E-state index contributed by atoms with van der Waals surface area (Å²) in [5.41, 5.74) is 0.255. The summed E-state index contributed by atoms with van der Waals surface area (Å²) < 4.78 is 34.6. The number of carbonyl (C=O) groups excluding carboxylic acids is 2. The van der Waals surface area contributed by atoms with Crippen molar-refractivity contribution in [1.29, 1.82) is 0 Å². The highest BCUT2D eigenvalue weighted by molar-refractivity contribution is 7.92. The van der Waals surface area contributed by atoms with Crippen molar-refractivity contribution < 1.29 is 22.7 Å². The van der Waals surface area contributed by atoms with Crippen LogP contribution in [0.2, 0.25) is 0 Å². The summed E-state index contributed by atoms with van der Waals surface area (Å²) in [7, 11) is -3.89. The van der Waals surface area contributed by atoms with E-state index in [-0.39, 0.29) is 29.1 Å². The van der Waals surface area contributed by atoms with Crippen LogP contribution < -0.4 is 9.62 Å². The number of esters is 1. The summed E-state index contributed by atoms with van der Waals surface area (Å²) in [6.45, 7) is 2.45. The van der Waals surface area contributed by atoms with Crippen molar-refractivity contribution in [2.24, 2.45) is 11.8 Å². The molecule has 0 bridgehead atoms. The van der Waals surface area contributed by atoms with Crippen molar-refractivity contribution in [2.75, 3.05) is 16.2 Å². The van der Waals surface area contributed by atoms with Gasteiger partial charge < -0.3 is 9.64 Å². The molecule has 5 rings (SSSR count). The number of aromatic nitrogens is 1. The van der Waals surface area contributed by atoms with Gasteiger partial charge in [0.25, 0.3) is 10.0 Å². The Bertz CT molecular complexity index is 1220. The van der Waals surface area contributed by atoms with E-state index < -0.39 is 27.6 Å². The normalized spacial score (nSPS) is 22.4. The van der Waals surface area contributed by atoms with E-state index in [1.807, 2.05) is 6.92 Å². The van der Waals surface area contributed by atoms with E-state index in [9.17, 15) is 18.0 Å². The number of nitrogens with zero attached hydrogens (tertiary/aromatic N) is 2. The first-order chi connectivity index (χ1) is 18.3. The van der Waals surface area contributed by atoms with E-state index in [0.29, 0.717) is 24.3 Å². The number of carbonyl (C=O) groups is 2. The van der Waals surface area contributed by atoms with Crippen LogP contribution in [0.5, 0.6) is 0 Å². The van der Waals surface area contributed by atoms with Gasteiger partial charge in [0, 0.05) is 24.8 Å². The number of sulfonamides is 1. The van der Waals surface area contributed by atoms with Crippen LogP contribution in [0.3, 0.4) is 0 Å². The topological polar surface area (TPSA) is 106 Å². The highest BCUT2D eigenvalue weighted by atomic mass is 32.2. The molecule has 1 atom stereocenters. The number of benzene rings is 1. The van der Waals surface area contributed by atoms with Gasteiger partial charge in [-0.3, -0.25) is 9.52 Å². The highest BCUT2D eigenvalue weighted by Gasteiger charge is 2.57. The summed E-state index contributed by atoms with van der Waals surface area (Å²) >= 11 is 0. The number of anilines is 2. The third kappa shape index (κ3) is 5.17. The zero-order valence-electron chi connectivity index (χ0n) is 22.0. The third-order valence-electron chi connectivity index (χ3n) is 8.48. The van der Waals surface area contributed by atoms with Crippen molar-refractivity contribution in [3.05, 3.63) is 48.7 Å². The highest BCUT2D eigenvalue weighted by Crippen LogP contribution is 2.51. The summed E-state index contributed by atoms with van der Waals surface area (Å²) in [6, 6.07) is 10.5. The molecule has 3 aliphatic rings. The second-order valence-electron chi connectivity index (χ2n) is 10.9. The summed E-state index contributed by atoms with van der Waals surface area (Å²) in [5.74, 6) is -0.0484. The molecule has 1 unspecified atom stereocenters. The van der Waals surface area contributed by atoms with Crippen molar-refractivity contribution >= 4 is 33.2 Å². The molecule has 1 aliphatic heterocycles. The maximum Gasteiger partial charge on any atom is 0.337 e. The molecule has 2 heterocycles. The van der Waals surface area contributed by atoms with Crippen LogP contribution in [0.1, 0.15) is 71.1 Å². The van der Waals surface area contributed by atoms with E-state index in [0.717, 1.165) is 51.4 Å². The van der Waals surface area contributed by atoms with Gasteiger partial charge in [-0.05, 0) is 74.3 Å². The monoisotopic (exact) mass is 539 g/mol. The van der Waals surface area contributed by atoms with Crippen molar-refractivity contribution in [2.45, 2.75) is 87.8 Å². The lowest BCUT2D eigenvalue weighted by atomic mass is 9.69. The van der Waals surface area contributed by atoms with Gasteiger partial charge in [0.15, 0.2) is 16.9 Å². The molecule has 0 spiro atoms. The molecule has 2 aliphatic carbocycles. The molecule has 1 saturated heterocycles. The molecule has 2 saturated carbocycles. The zero-order chi connectivity index (χ0) is 26.8. The van der Waals surface area contributed by atoms with Crippen molar-refractivity contribution in [3.63, 3.8) is 0 Å². The molecule has 0 amide bonds. The first-order valence-electron chi connectivity index (χ1n) is 13.9. The maximum absolute atomic E-state index is 13.9. The first kappa shape index (κ1) is 26.7. The molecule has 1 aromatic carbocycles. The number of ether oxygens (including phenoxy) is 1. The Kier molecular flexibility index (Phi) is 7.75. The number of ketones is 1. The summed E-state index contributed by atoms with van der Waals surface area (Å²) in [5, 5.41) is -0.0861. The molecule has 2 aromatic rings. The van der Waals surface area contributed by atoms with Crippen LogP contribution in [0.15, 0.2) is 53.7 Å². The number of pyridine rings is 1. The molecule has 38 heavy (non-hydrogen) atoms. The minimum Gasteiger partial charge on any atom is -0.456 e. The van der Waals surface area contributed by atoms with E-state index in [1.165, 1.54) is 12.3 Å². The Morgan fingerprint density at radius 2 is 1.68 bits per heavy atom. The van der Waals surface area contributed by atoms with Gasteiger partial charge in [0.2, 0.25) is 0 Å². The van der Waals surface area contributed by atoms with Gasteiger partial charge in [0.05, 0.1) is 5.69 Å². The largest absolute Gasteiger partial charge is 0.456 e. The van der Waals surface area contributed by atoms with Crippen molar-refractivity contribution in [3.8, 4) is 0 Å². The quantitative estimate of drug-likeness (QED) is 0.349. The second-order valence-corrected chi connectivity index (χ2v) is 12.5. The molecule has 9 heteroatoms. The third-order valence-corrected chi connectivity index (χ3v) is 9.78. The Morgan fingerprint density at radius 3 is 2.26 bits per heavy atom. The van der Waals surface area contributed by atoms with Crippen LogP contribution in [0.4, 0.5) is 11.4 Å². The van der Waals surface area contributed by atoms with Crippen LogP contribution in [0, 0.1) is 11.8 Å². The van der Waals surface area contributed by atoms with Crippen molar-refractivity contribution in [1.82, 2.24) is 4.98 Å². The lowest BCUT2D eigenvalue weighted by molar-refractivity contribution is -0.189. The molecule has 1 N–H and O–H groups in total. The first-order valence-corrected chi connectivity index (χ1v) is 15.4. The predicted molar refractivity (Wildman–Crippen MR) is 145 cm³/mol. The van der Waals surface area contributed by atoms with Gasteiger partial charge >= 0.3 is 5.97 Å². The fourth-order valence-corrected chi connectivity index (χ4v) is 7.81. The van der Waals surface area contributed by atoms with E-state index in [4.69, 9.17) is 4.74 Å². The Hall–Kier alpha value is -2.94.